The standard InChI is InChI=1S/C57H56N10O21S6/c1-31-19-47(62-66-51-27-41(93(81,82)83)25-37-23-39(91(75,76)77)9-11-43(37)51)33(3)17-45(31)60-64-49-29-55(87-13-7-15-89(69,70)71)53(21-35(49)5)58-57(68)59-54-22-36(6)50(30-56(54)88-14-8-16-90(72,73)74)65-61-46-18-34(4)48(20-32(46)2)63-67-52-28-42(94(84,85)86)26-38-24-40(92(78,79)80)10-12-44(38)52/h9-12,17-30H,7-8,13-16H2,1-6H3,(H2,58,59,68)(H,69,70,71)(H,72,73,74)(H,75,76,77)(H,78,79,80)(H,81,82,83)(H,84,85,86). The maximum atomic E-state index is 14.0. The lowest BCUT2D eigenvalue weighted by molar-refractivity contribution is 0.261. The van der Waals surface area contributed by atoms with Gasteiger partial charge in [-0.2, -0.15) is 81.2 Å². The minimum atomic E-state index is -4.82. The fraction of sp³-hybridized carbons (Fsp3) is 0.211. The monoisotopic (exact) mass is 1410 g/mol. The van der Waals surface area contributed by atoms with E-state index < -0.39 is 97.8 Å². The minimum absolute atomic E-state index is 0.00352. The fourth-order valence-corrected chi connectivity index (χ4v) is 12.0. The molecule has 0 radical (unpaired) electrons. The highest BCUT2D eigenvalue weighted by Crippen LogP contribution is 2.41. The number of carbonyl (C=O) groups is 1. The summed E-state index contributed by atoms with van der Waals surface area (Å²) in [4.78, 5) is 11.7. The average molecular weight is 1410 g/mol. The number of fused-ring (bicyclic) bond motifs is 2. The molecule has 0 unspecified atom stereocenters. The zero-order chi connectivity index (χ0) is 69.0. The van der Waals surface area contributed by atoms with E-state index in [1.54, 1.807) is 65.8 Å². The molecule has 496 valence electrons. The van der Waals surface area contributed by atoms with Gasteiger partial charge in [0.05, 0.1) is 101 Å². The van der Waals surface area contributed by atoms with Crippen molar-refractivity contribution in [1.29, 1.82) is 0 Å². The maximum Gasteiger partial charge on any atom is 0.323 e. The molecule has 8 N–H and O–H groups in total. The molecule has 8 aromatic carbocycles. The van der Waals surface area contributed by atoms with E-state index in [-0.39, 0.29) is 93.2 Å². The molecule has 0 aliphatic carbocycles. The summed E-state index contributed by atoms with van der Waals surface area (Å²) in [5, 5.41) is 40.6. The van der Waals surface area contributed by atoms with E-state index in [4.69, 9.17) is 9.47 Å². The second-order valence-electron chi connectivity index (χ2n) is 21.0. The summed E-state index contributed by atoms with van der Waals surface area (Å²) in [6.07, 6.45) is -0.366. The zero-order valence-electron chi connectivity index (χ0n) is 50.0. The first-order chi connectivity index (χ1) is 43.7. The third-order valence-corrected chi connectivity index (χ3v) is 18.7. The highest BCUT2D eigenvalue weighted by Gasteiger charge is 2.22. The predicted octanol–water partition coefficient (Wildman–Crippen LogP) is 13.4. The van der Waals surface area contributed by atoms with Crippen LogP contribution in [0.1, 0.15) is 46.2 Å². The van der Waals surface area contributed by atoms with Crippen molar-refractivity contribution in [2.45, 2.75) is 74.0 Å². The molecule has 0 spiro atoms. The third kappa shape index (κ3) is 18.7. The molecule has 31 nitrogen and oxygen atoms in total. The molecule has 0 aliphatic rings. The number of carbonyl (C=O) groups excluding carboxylic acids is 1. The summed E-state index contributed by atoms with van der Waals surface area (Å²) >= 11 is 0. The Morgan fingerprint density at radius 1 is 0.351 bits per heavy atom. The number of nitrogens with one attached hydrogen (secondary N) is 2. The third-order valence-electron chi connectivity index (χ3n) is 13.7. The molecule has 0 aromatic heterocycles. The van der Waals surface area contributed by atoms with Crippen LogP contribution in [0.4, 0.5) is 61.7 Å². The van der Waals surface area contributed by atoms with Crippen molar-refractivity contribution in [1.82, 2.24) is 0 Å². The van der Waals surface area contributed by atoms with Crippen molar-refractivity contribution in [2.75, 3.05) is 35.4 Å². The van der Waals surface area contributed by atoms with Gasteiger partial charge in [0.2, 0.25) is 0 Å². The number of rotatable bonds is 24. The lowest BCUT2D eigenvalue weighted by Gasteiger charge is -2.17. The van der Waals surface area contributed by atoms with Gasteiger partial charge in [-0.05, 0) is 183 Å². The van der Waals surface area contributed by atoms with Crippen LogP contribution >= 0.6 is 0 Å². The van der Waals surface area contributed by atoms with Crippen molar-refractivity contribution in [2.24, 2.45) is 40.9 Å². The number of benzene rings is 8. The molecule has 0 fully saturated rings. The van der Waals surface area contributed by atoms with Crippen LogP contribution in [0.2, 0.25) is 0 Å². The van der Waals surface area contributed by atoms with Crippen LogP contribution in [0.3, 0.4) is 0 Å². The van der Waals surface area contributed by atoms with E-state index in [0.717, 1.165) is 48.5 Å². The first-order valence-corrected chi connectivity index (χ1v) is 36.2. The quantitative estimate of drug-likeness (QED) is 0.0158. The Kier molecular flexibility index (Phi) is 21.0. The van der Waals surface area contributed by atoms with Gasteiger partial charge in [-0.15, -0.1) is 10.2 Å². The van der Waals surface area contributed by atoms with Gasteiger partial charge in [-0.25, -0.2) is 4.79 Å². The number of aryl methyl sites for hydroxylation is 6. The number of amides is 2. The molecule has 0 saturated carbocycles. The summed E-state index contributed by atoms with van der Waals surface area (Å²) in [5.41, 5.74) is 4.57. The zero-order valence-corrected chi connectivity index (χ0v) is 54.9. The number of hydrogen-bond acceptors (Lipinski definition) is 23. The Balaban J connectivity index is 1.04. The normalized spacial score (nSPS) is 12.9. The van der Waals surface area contributed by atoms with Crippen LogP contribution in [-0.4, -0.2) is 109 Å². The molecule has 0 heterocycles. The van der Waals surface area contributed by atoms with Crippen LogP contribution in [0, 0.1) is 41.5 Å². The highest BCUT2D eigenvalue weighted by atomic mass is 32.2. The van der Waals surface area contributed by atoms with Crippen molar-refractivity contribution >= 4 is 145 Å². The Bertz CT molecular complexity index is 4930. The number of hydrogen-bond donors (Lipinski definition) is 8. The maximum absolute atomic E-state index is 14.0. The Morgan fingerprint density at radius 3 is 0.904 bits per heavy atom. The summed E-state index contributed by atoms with van der Waals surface area (Å²) in [5.74, 6) is -1.38. The van der Waals surface area contributed by atoms with E-state index in [1.807, 2.05) is 0 Å². The van der Waals surface area contributed by atoms with Crippen molar-refractivity contribution in [3.05, 3.63) is 143 Å². The van der Waals surface area contributed by atoms with Gasteiger partial charge in [0, 0.05) is 22.9 Å². The molecule has 94 heavy (non-hydrogen) atoms. The molecule has 8 rings (SSSR count). The van der Waals surface area contributed by atoms with E-state index >= 15 is 0 Å². The Hall–Kier alpha value is -8.99. The summed E-state index contributed by atoms with van der Waals surface area (Å²) in [6.45, 7) is 9.41. The van der Waals surface area contributed by atoms with Gasteiger partial charge in [0.25, 0.3) is 60.7 Å². The second-order valence-corrected chi connectivity index (χ2v) is 29.9. The molecular weight excluding hydrogens is 1350 g/mol. The molecule has 0 bridgehead atoms. The van der Waals surface area contributed by atoms with Crippen LogP contribution in [0.25, 0.3) is 21.5 Å². The smallest absolute Gasteiger partial charge is 0.323 e. The van der Waals surface area contributed by atoms with Crippen molar-refractivity contribution in [3.8, 4) is 11.5 Å². The van der Waals surface area contributed by atoms with Gasteiger partial charge in [0.15, 0.2) is 0 Å². The van der Waals surface area contributed by atoms with E-state index in [1.165, 1.54) is 36.4 Å². The van der Waals surface area contributed by atoms with Gasteiger partial charge >= 0.3 is 6.03 Å². The number of ether oxygens (including phenoxy) is 2. The van der Waals surface area contributed by atoms with E-state index in [9.17, 15) is 82.6 Å². The summed E-state index contributed by atoms with van der Waals surface area (Å²) in [7, 11) is -27.8. The molecule has 37 heteroatoms. The summed E-state index contributed by atoms with van der Waals surface area (Å²) in [6, 6.07) is 22.2. The Labute approximate surface area is 538 Å². The number of urea groups is 1. The highest BCUT2D eigenvalue weighted by molar-refractivity contribution is 7.87. The van der Waals surface area contributed by atoms with Gasteiger partial charge in [-0.1, -0.05) is 12.1 Å². The number of azo groups is 4. The second kappa shape index (κ2) is 27.9. The van der Waals surface area contributed by atoms with Crippen LogP contribution in [0.5, 0.6) is 11.5 Å². The van der Waals surface area contributed by atoms with Gasteiger partial charge in [-0.3, -0.25) is 27.3 Å². The largest absolute Gasteiger partial charge is 0.491 e. The molecule has 2 amide bonds. The minimum Gasteiger partial charge on any atom is -0.491 e. The van der Waals surface area contributed by atoms with E-state index in [2.05, 4.69) is 51.5 Å². The van der Waals surface area contributed by atoms with E-state index in [0.29, 0.717) is 56.1 Å². The van der Waals surface area contributed by atoms with Crippen molar-refractivity contribution < 1.29 is 92.1 Å². The first-order valence-electron chi connectivity index (χ1n) is 27.2. The van der Waals surface area contributed by atoms with Crippen LogP contribution in [-0.2, 0) is 60.7 Å². The summed E-state index contributed by atoms with van der Waals surface area (Å²) < 4.78 is 212. The lowest BCUT2D eigenvalue weighted by Crippen LogP contribution is -2.21. The molecular formula is C57H56N10O21S6. The fourth-order valence-electron chi connectivity index (χ4n) is 8.95. The molecule has 0 atom stereocenters. The first kappa shape index (κ1) is 70.9. The molecule has 0 saturated heterocycles. The van der Waals surface area contributed by atoms with Crippen molar-refractivity contribution in [3.63, 3.8) is 0 Å². The Morgan fingerprint density at radius 2 is 0.617 bits per heavy atom. The lowest BCUT2D eigenvalue weighted by atomic mass is 10.1. The van der Waals surface area contributed by atoms with Gasteiger partial charge < -0.3 is 20.1 Å². The predicted molar refractivity (Wildman–Crippen MR) is 344 cm³/mol. The SMILES string of the molecule is Cc1cc(N=Nc2cc(S(=O)(=O)O)cc3cc(S(=O)(=O)O)ccc23)c(C)cc1N=Nc1cc(OCCCS(=O)(=O)O)c(NC(=O)Nc2cc(C)c(N=Nc3cc(C)c(N=Nc4cc(S(=O)(=O)O)cc5cc(S(=O)(=O)O)ccc45)cc3C)cc2OCCCS(=O)(=O)O)cc1C. The van der Waals surface area contributed by atoms with Crippen LogP contribution < -0.4 is 20.1 Å². The average Bonchev–Trinajstić information content (AvgIpc) is 0.786. The molecule has 0 aliphatic heterocycles. The number of nitrogens with zero attached hydrogens (tertiary/aromatic N) is 8. The molecule has 8 aromatic rings. The topological polar surface area (TPSA) is 485 Å². The van der Waals surface area contributed by atoms with Crippen LogP contribution in [0.15, 0.2) is 170 Å². The van der Waals surface area contributed by atoms with Gasteiger partial charge in [0.1, 0.15) is 11.5 Å². The number of anilines is 2.